The second-order valence-electron chi connectivity index (χ2n) is 5.75. The highest BCUT2D eigenvalue weighted by Crippen LogP contribution is 2.22. The highest BCUT2D eigenvalue weighted by molar-refractivity contribution is 5.31. The molecule has 1 aromatic carbocycles. The lowest BCUT2D eigenvalue weighted by atomic mass is 10.1. The molecular formula is C17H25N3. The molecule has 2 aromatic rings. The van der Waals surface area contributed by atoms with Crippen LogP contribution in [0.1, 0.15) is 46.6 Å². The van der Waals surface area contributed by atoms with E-state index < -0.39 is 0 Å². The van der Waals surface area contributed by atoms with Crippen molar-refractivity contribution in [2.45, 2.75) is 47.2 Å². The van der Waals surface area contributed by atoms with Gasteiger partial charge in [0.15, 0.2) is 0 Å². The van der Waals surface area contributed by atoms with Crippen molar-refractivity contribution in [1.29, 1.82) is 0 Å². The van der Waals surface area contributed by atoms with Crippen molar-refractivity contribution >= 4 is 0 Å². The molecule has 0 saturated heterocycles. The number of rotatable bonds is 4. The van der Waals surface area contributed by atoms with E-state index in [-0.39, 0.29) is 0 Å². The summed E-state index contributed by atoms with van der Waals surface area (Å²) in [7, 11) is 1.99. The van der Waals surface area contributed by atoms with E-state index in [0.717, 1.165) is 12.2 Å². The molecule has 1 atom stereocenters. The molecule has 3 nitrogen and oxygen atoms in total. The third-order valence-corrected chi connectivity index (χ3v) is 3.92. The Morgan fingerprint density at radius 3 is 2.25 bits per heavy atom. The van der Waals surface area contributed by atoms with Crippen LogP contribution in [0.5, 0.6) is 0 Å². The summed E-state index contributed by atoms with van der Waals surface area (Å²) in [6, 6.07) is 7.03. The molecule has 0 radical (unpaired) electrons. The van der Waals surface area contributed by atoms with Gasteiger partial charge in [0.2, 0.25) is 0 Å². The molecule has 0 fully saturated rings. The topological polar surface area (TPSA) is 29.9 Å². The maximum Gasteiger partial charge on any atom is 0.0662 e. The maximum absolute atomic E-state index is 4.71. The standard InChI is InChI=1S/C17H25N3/c1-11-7-12(2)9-16(8-11)10-20-15(5)17(13(3)18-6)14(4)19-20/h7-9,13,18H,10H2,1-6H3. The molecule has 1 unspecified atom stereocenters. The van der Waals surface area contributed by atoms with Gasteiger partial charge in [0.05, 0.1) is 12.2 Å². The molecule has 3 heteroatoms. The zero-order valence-electron chi connectivity index (χ0n) is 13.4. The van der Waals surface area contributed by atoms with Crippen LogP contribution in [0.15, 0.2) is 18.2 Å². The molecular weight excluding hydrogens is 246 g/mol. The van der Waals surface area contributed by atoms with E-state index in [9.17, 15) is 0 Å². The molecule has 1 heterocycles. The van der Waals surface area contributed by atoms with Gasteiger partial charge in [0.1, 0.15) is 0 Å². The van der Waals surface area contributed by atoms with Gasteiger partial charge in [-0.2, -0.15) is 5.10 Å². The summed E-state index contributed by atoms with van der Waals surface area (Å²) < 4.78 is 2.12. The molecule has 0 saturated carbocycles. The van der Waals surface area contributed by atoms with Crippen LogP contribution in [-0.4, -0.2) is 16.8 Å². The monoisotopic (exact) mass is 271 g/mol. The zero-order valence-corrected chi connectivity index (χ0v) is 13.4. The van der Waals surface area contributed by atoms with Crippen molar-refractivity contribution in [3.63, 3.8) is 0 Å². The van der Waals surface area contributed by atoms with Crippen molar-refractivity contribution in [2.24, 2.45) is 0 Å². The Balaban J connectivity index is 2.35. The largest absolute Gasteiger partial charge is 0.313 e. The summed E-state index contributed by atoms with van der Waals surface area (Å²) in [5.41, 5.74) is 7.63. The van der Waals surface area contributed by atoms with Gasteiger partial charge in [-0.15, -0.1) is 0 Å². The van der Waals surface area contributed by atoms with Gasteiger partial charge in [-0.1, -0.05) is 29.3 Å². The van der Waals surface area contributed by atoms with Gasteiger partial charge in [-0.05, 0) is 47.2 Å². The average molecular weight is 271 g/mol. The van der Waals surface area contributed by atoms with Gasteiger partial charge < -0.3 is 5.32 Å². The fourth-order valence-corrected chi connectivity index (χ4v) is 2.97. The van der Waals surface area contributed by atoms with Gasteiger partial charge in [-0.25, -0.2) is 0 Å². The first-order valence-corrected chi connectivity index (χ1v) is 7.20. The van der Waals surface area contributed by atoms with Gasteiger partial charge in [0.25, 0.3) is 0 Å². The van der Waals surface area contributed by atoms with Crippen LogP contribution >= 0.6 is 0 Å². The number of hydrogen-bond acceptors (Lipinski definition) is 2. The Kier molecular flexibility index (Phi) is 4.29. The lowest BCUT2D eigenvalue weighted by molar-refractivity contribution is 0.632. The van der Waals surface area contributed by atoms with Crippen molar-refractivity contribution in [3.8, 4) is 0 Å². The molecule has 108 valence electrons. The highest BCUT2D eigenvalue weighted by atomic mass is 15.3. The van der Waals surface area contributed by atoms with Crippen LogP contribution in [0.3, 0.4) is 0 Å². The Morgan fingerprint density at radius 2 is 1.70 bits per heavy atom. The number of nitrogens with one attached hydrogen (secondary N) is 1. The predicted molar refractivity (Wildman–Crippen MR) is 84.2 cm³/mol. The summed E-state index contributed by atoms with van der Waals surface area (Å²) in [6.45, 7) is 11.6. The minimum Gasteiger partial charge on any atom is -0.313 e. The Morgan fingerprint density at radius 1 is 1.10 bits per heavy atom. The smallest absolute Gasteiger partial charge is 0.0662 e. The first-order valence-electron chi connectivity index (χ1n) is 7.20. The summed E-state index contributed by atoms with van der Waals surface area (Å²) in [6.07, 6.45) is 0. The Bertz CT molecular complexity index is 591. The number of hydrogen-bond donors (Lipinski definition) is 1. The van der Waals surface area contributed by atoms with Crippen LogP contribution in [0.2, 0.25) is 0 Å². The molecule has 0 amide bonds. The number of nitrogens with zero attached hydrogens (tertiary/aromatic N) is 2. The molecule has 0 aliphatic rings. The second-order valence-corrected chi connectivity index (χ2v) is 5.75. The van der Waals surface area contributed by atoms with Gasteiger partial charge >= 0.3 is 0 Å². The van der Waals surface area contributed by atoms with Crippen LogP contribution in [0.4, 0.5) is 0 Å². The van der Waals surface area contributed by atoms with E-state index in [2.05, 4.69) is 62.8 Å². The third-order valence-electron chi connectivity index (χ3n) is 3.92. The quantitative estimate of drug-likeness (QED) is 0.923. The summed E-state index contributed by atoms with van der Waals surface area (Å²) in [4.78, 5) is 0. The van der Waals surface area contributed by atoms with Gasteiger partial charge in [-0.3, -0.25) is 4.68 Å². The maximum atomic E-state index is 4.71. The van der Waals surface area contributed by atoms with Crippen molar-refractivity contribution in [1.82, 2.24) is 15.1 Å². The van der Waals surface area contributed by atoms with Crippen LogP contribution in [-0.2, 0) is 6.54 Å². The highest BCUT2D eigenvalue weighted by Gasteiger charge is 2.16. The Hall–Kier alpha value is -1.61. The number of aryl methyl sites for hydroxylation is 3. The van der Waals surface area contributed by atoms with E-state index in [4.69, 9.17) is 5.10 Å². The fraction of sp³-hybridized carbons (Fsp3) is 0.471. The Labute approximate surface area is 122 Å². The molecule has 1 aromatic heterocycles. The van der Waals surface area contributed by atoms with E-state index >= 15 is 0 Å². The van der Waals surface area contributed by atoms with Crippen molar-refractivity contribution in [3.05, 3.63) is 51.8 Å². The molecule has 0 spiro atoms. The molecule has 20 heavy (non-hydrogen) atoms. The molecule has 2 rings (SSSR count). The number of aromatic nitrogens is 2. The van der Waals surface area contributed by atoms with Gasteiger partial charge in [0, 0.05) is 17.3 Å². The normalized spacial score (nSPS) is 12.7. The SMILES string of the molecule is CNC(C)c1c(C)nn(Cc2cc(C)cc(C)c2)c1C. The van der Waals surface area contributed by atoms with E-state index in [1.54, 1.807) is 0 Å². The van der Waals surface area contributed by atoms with E-state index in [1.165, 1.54) is 27.9 Å². The molecule has 0 aliphatic carbocycles. The first kappa shape index (κ1) is 14.8. The zero-order chi connectivity index (χ0) is 14.9. The van der Waals surface area contributed by atoms with Crippen molar-refractivity contribution < 1.29 is 0 Å². The summed E-state index contributed by atoms with van der Waals surface area (Å²) in [5.74, 6) is 0. The van der Waals surface area contributed by atoms with Crippen molar-refractivity contribution in [2.75, 3.05) is 7.05 Å². The van der Waals surface area contributed by atoms with Crippen LogP contribution < -0.4 is 5.32 Å². The van der Waals surface area contributed by atoms with E-state index in [1.807, 2.05) is 7.05 Å². The molecule has 0 bridgehead atoms. The lowest BCUT2D eigenvalue weighted by Crippen LogP contribution is -2.14. The second kappa shape index (κ2) is 5.80. The number of benzene rings is 1. The average Bonchev–Trinajstić information content (AvgIpc) is 2.62. The van der Waals surface area contributed by atoms with Crippen LogP contribution in [0, 0.1) is 27.7 Å². The molecule has 1 N–H and O–H groups in total. The summed E-state index contributed by atoms with van der Waals surface area (Å²) >= 11 is 0. The first-order chi connectivity index (χ1) is 9.42. The van der Waals surface area contributed by atoms with Crippen LogP contribution in [0.25, 0.3) is 0 Å². The third kappa shape index (κ3) is 2.93. The lowest BCUT2D eigenvalue weighted by Gasteiger charge is -2.12. The predicted octanol–water partition coefficient (Wildman–Crippen LogP) is 3.45. The molecule has 0 aliphatic heterocycles. The summed E-state index contributed by atoms with van der Waals surface area (Å²) in [5, 5.41) is 8.02. The van der Waals surface area contributed by atoms with E-state index in [0.29, 0.717) is 6.04 Å². The fourth-order valence-electron chi connectivity index (χ4n) is 2.97. The minimum absolute atomic E-state index is 0.336. The minimum atomic E-state index is 0.336.